The molecule has 0 spiro atoms. The van der Waals surface area contributed by atoms with E-state index < -0.39 is 0 Å². The van der Waals surface area contributed by atoms with Gasteiger partial charge < -0.3 is 5.73 Å². The largest absolute Gasteiger partial charge is 0.327 e. The standard InChI is InChI=1S/C17H25N/c1-12-7-8-15-14(10-12)11-13-6-4-3-5-9-17(15,2)16(13)18/h7-8,10,13,16H,3-6,9,11,18H2,1-2H3. The van der Waals surface area contributed by atoms with Crippen LogP contribution in [0.5, 0.6) is 0 Å². The average molecular weight is 243 g/mol. The summed E-state index contributed by atoms with van der Waals surface area (Å²) < 4.78 is 0. The van der Waals surface area contributed by atoms with Gasteiger partial charge in [-0.25, -0.2) is 0 Å². The van der Waals surface area contributed by atoms with Crippen LogP contribution in [0.1, 0.15) is 55.7 Å². The SMILES string of the molecule is Cc1ccc2c(c1)CC1CCCCCC2(C)C1N. The number of hydrogen-bond donors (Lipinski definition) is 1. The Morgan fingerprint density at radius 3 is 2.89 bits per heavy atom. The Balaban J connectivity index is 2.11. The normalized spacial score (nSPS) is 35.5. The van der Waals surface area contributed by atoms with Crippen LogP contribution >= 0.6 is 0 Å². The monoisotopic (exact) mass is 243 g/mol. The molecule has 98 valence electrons. The molecule has 0 aliphatic heterocycles. The predicted molar refractivity (Wildman–Crippen MR) is 76.8 cm³/mol. The minimum absolute atomic E-state index is 0.215. The van der Waals surface area contributed by atoms with Gasteiger partial charge in [-0.15, -0.1) is 0 Å². The highest BCUT2D eigenvalue weighted by molar-refractivity contribution is 5.41. The van der Waals surface area contributed by atoms with Gasteiger partial charge >= 0.3 is 0 Å². The Morgan fingerprint density at radius 2 is 2.06 bits per heavy atom. The average Bonchev–Trinajstić information content (AvgIpc) is 2.34. The fourth-order valence-electron chi connectivity index (χ4n) is 4.22. The Kier molecular flexibility index (Phi) is 2.97. The van der Waals surface area contributed by atoms with Gasteiger partial charge in [0.25, 0.3) is 0 Å². The Labute approximate surface area is 111 Å². The van der Waals surface area contributed by atoms with E-state index >= 15 is 0 Å². The van der Waals surface area contributed by atoms with Gasteiger partial charge in [0, 0.05) is 11.5 Å². The zero-order valence-corrected chi connectivity index (χ0v) is 11.7. The van der Waals surface area contributed by atoms with Crippen molar-refractivity contribution >= 4 is 0 Å². The third kappa shape index (κ3) is 1.80. The van der Waals surface area contributed by atoms with Gasteiger partial charge in [0.15, 0.2) is 0 Å². The van der Waals surface area contributed by atoms with E-state index in [9.17, 15) is 0 Å². The molecule has 1 saturated carbocycles. The van der Waals surface area contributed by atoms with E-state index in [4.69, 9.17) is 5.73 Å². The molecule has 0 radical (unpaired) electrons. The van der Waals surface area contributed by atoms with Crippen LogP contribution in [0.3, 0.4) is 0 Å². The van der Waals surface area contributed by atoms with E-state index in [1.54, 1.807) is 11.1 Å². The molecular formula is C17H25N. The molecule has 1 aromatic rings. The molecule has 0 aromatic heterocycles. The number of nitrogens with two attached hydrogens (primary N) is 1. The number of fused-ring (bicyclic) bond motifs is 4. The van der Waals surface area contributed by atoms with Gasteiger partial charge in [0.05, 0.1) is 0 Å². The van der Waals surface area contributed by atoms with Gasteiger partial charge in [-0.05, 0) is 43.2 Å². The zero-order chi connectivity index (χ0) is 12.8. The first-order valence-electron chi connectivity index (χ1n) is 7.47. The molecule has 3 unspecified atom stereocenters. The van der Waals surface area contributed by atoms with E-state index in [1.807, 2.05) is 0 Å². The first-order valence-corrected chi connectivity index (χ1v) is 7.47. The summed E-state index contributed by atoms with van der Waals surface area (Å²) in [5.74, 6) is 0.699. The molecule has 2 aliphatic rings. The van der Waals surface area contributed by atoms with Crippen LogP contribution in [-0.2, 0) is 11.8 Å². The number of rotatable bonds is 0. The van der Waals surface area contributed by atoms with Crippen molar-refractivity contribution in [3.8, 4) is 0 Å². The highest BCUT2D eigenvalue weighted by atomic mass is 14.7. The van der Waals surface area contributed by atoms with Gasteiger partial charge in [-0.1, -0.05) is 49.9 Å². The first-order chi connectivity index (χ1) is 8.61. The van der Waals surface area contributed by atoms with Gasteiger partial charge in [-0.3, -0.25) is 0 Å². The fourth-order valence-corrected chi connectivity index (χ4v) is 4.22. The lowest BCUT2D eigenvalue weighted by atomic mass is 9.60. The van der Waals surface area contributed by atoms with Crippen LogP contribution < -0.4 is 5.73 Å². The van der Waals surface area contributed by atoms with Crippen molar-refractivity contribution in [2.45, 2.75) is 63.8 Å². The van der Waals surface area contributed by atoms with Crippen molar-refractivity contribution < 1.29 is 0 Å². The van der Waals surface area contributed by atoms with Crippen LogP contribution in [-0.4, -0.2) is 6.04 Å². The second kappa shape index (κ2) is 4.38. The summed E-state index contributed by atoms with van der Waals surface area (Å²) in [6, 6.07) is 7.36. The summed E-state index contributed by atoms with van der Waals surface area (Å²) in [7, 11) is 0. The van der Waals surface area contributed by atoms with Crippen molar-refractivity contribution in [3.05, 3.63) is 34.9 Å². The third-order valence-electron chi connectivity index (χ3n) is 5.37. The molecular weight excluding hydrogens is 218 g/mol. The van der Waals surface area contributed by atoms with E-state index in [-0.39, 0.29) is 5.41 Å². The molecule has 0 amide bonds. The summed E-state index contributed by atoms with van der Waals surface area (Å²) in [4.78, 5) is 0. The molecule has 1 heteroatoms. The van der Waals surface area contributed by atoms with Crippen molar-refractivity contribution in [1.29, 1.82) is 0 Å². The molecule has 1 fully saturated rings. The lowest BCUT2D eigenvalue weighted by molar-refractivity contribution is 0.202. The van der Waals surface area contributed by atoms with Gasteiger partial charge in [-0.2, -0.15) is 0 Å². The highest BCUT2D eigenvalue weighted by Gasteiger charge is 2.43. The highest BCUT2D eigenvalue weighted by Crippen LogP contribution is 2.45. The molecule has 2 aliphatic carbocycles. The van der Waals surface area contributed by atoms with E-state index in [1.165, 1.54) is 44.1 Å². The first kappa shape index (κ1) is 12.2. The van der Waals surface area contributed by atoms with Crippen molar-refractivity contribution in [2.24, 2.45) is 11.7 Å². The van der Waals surface area contributed by atoms with E-state index in [0.717, 1.165) is 0 Å². The fraction of sp³-hybridized carbons (Fsp3) is 0.647. The Hall–Kier alpha value is -0.820. The molecule has 3 rings (SSSR count). The van der Waals surface area contributed by atoms with Gasteiger partial charge in [0.1, 0.15) is 0 Å². The zero-order valence-electron chi connectivity index (χ0n) is 11.7. The molecule has 2 N–H and O–H groups in total. The summed E-state index contributed by atoms with van der Waals surface area (Å²) in [6.45, 7) is 4.61. The lowest BCUT2D eigenvalue weighted by Crippen LogP contribution is -2.52. The summed E-state index contributed by atoms with van der Waals surface area (Å²) in [6.07, 6.45) is 7.89. The summed E-state index contributed by atoms with van der Waals surface area (Å²) >= 11 is 0. The quantitative estimate of drug-likeness (QED) is 0.738. The van der Waals surface area contributed by atoms with Crippen molar-refractivity contribution in [3.63, 3.8) is 0 Å². The molecule has 0 heterocycles. The summed E-state index contributed by atoms with van der Waals surface area (Å²) in [5.41, 5.74) is 11.4. The molecule has 3 atom stereocenters. The second-order valence-electron chi connectivity index (χ2n) is 6.67. The number of benzene rings is 1. The maximum Gasteiger partial charge on any atom is 0.0165 e. The third-order valence-corrected chi connectivity index (χ3v) is 5.37. The Bertz CT molecular complexity index is 451. The van der Waals surface area contributed by atoms with Crippen LogP contribution in [0.25, 0.3) is 0 Å². The van der Waals surface area contributed by atoms with Crippen molar-refractivity contribution in [1.82, 2.24) is 0 Å². The predicted octanol–water partition coefficient (Wildman–Crippen LogP) is 3.72. The van der Waals surface area contributed by atoms with Crippen molar-refractivity contribution in [2.75, 3.05) is 0 Å². The summed E-state index contributed by atoms with van der Waals surface area (Å²) in [5, 5.41) is 0. The van der Waals surface area contributed by atoms with Gasteiger partial charge in [0.2, 0.25) is 0 Å². The van der Waals surface area contributed by atoms with Crippen LogP contribution in [0.4, 0.5) is 0 Å². The second-order valence-corrected chi connectivity index (χ2v) is 6.67. The van der Waals surface area contributed by atoms with Crippen LogP contribution in [0.15, 0.2) is 18.2 Å². The van der Waals surface area contributed by atoms with E-state index in [2.05, 4.69) is 32.0 Å². The molecule has 18 heavy (non-hydrogen) atoms. The smallest absolute Gasteiger partial charge is 0.0165 e. The van der Waals surface area contributed by atoms with Crippen LogP contribution in [0.2, 0.25) is 0 Å². The molecule has 1 nitrogen and oxygen atoms in total. The maximum absolute atomic E-state index is 6.64. The number of aryl methyl sites for hydroxylation is 1. The molecule has 2 bridgehead atoms. The Morgan fingerprint density at radius 1 is 1.22 bits per heavy atom. The molecule has 0 saturated heterocycles. The molecule has 1 aromatic carbocycles. The maximum atomic E-state index is 6.64. The topological polar surface area (TPSA) is 26.0 Å². The van der Waals surface area contributed by atoms with Crippen LogP contribution in [0, 0.1) is 12.8 Å². The lowest BCUT2D eigenvalue weighted by Gasteiger charge is -2.47. The minimum Gasteiger partial charge on any atom is -0.327 e. The van der Waals surface area contributed by atoms with E-state index in [0.29, 0.717) is 12.0 Å². The number of hydrogen-bond acceptors (Lipinski definition) is 1. The minimum atomic E-state index is 0.215.